The maximum atomic E-state index is 8.67. The van der Waals surface area contributed by atoms with E-state index in [9.17, 15) is 0 Å². The number of hydrogen-bond donors (Lipinski definition) is 3. The van der Waals surface area contributed by atoms with Crippen molar-refractivity contribution in [1.29, 1.82) is 0 Å². The predicted octanol–water partition coefficient (Wildman–Crippen LogP) is -0.535. The second-order valence-corrected chi connectivity index (χ2v) is 2.93. The minimum Gasteiger partial charge on any atom is -0.759 e. The molecule has 0 aliphatic rings. The predicted molar refractivity (Wildman–Crippen MR) is 41.9 cm³/mol. The molecule has 0 fully saturated rings. The van der Waals surface area contributed by atoms with E-state index in [0.717, 1.165) is 18.2 Å². The zero-order valence-electron chi connectivity index (χ0n) is 6.61. The van der Waals surface area contributed by atoms with Gasteiger partial charge in [-0.1, -0.05) is 0 Å². The van der Waals surface area contributed by atoms with Crippen molar-refractivity contribution in [2.24, 2.45) is 0 Å². The summed E-state index contributed by atoms with van der Waals surface area (Å²) in [4.78, 5) is 0. The molecule has 0 spiro atoms. The summed E-state index contributed by atoms with van der Waals surface area (Å²) >= 11 is 0. The quantitative estimate of drug-likeness (QED) is 0.395. The van der Waals surface area contributed by atoms with E-state index in [1.54, 1.807) is 0 Å². The SMILES string of the molecule is O=S(=O)([O-])[O-].Oc1cc(O)cc(O)c1. The molecule has 0 aromatic heterocycles. The Morgan fingerprint density at radius 1 is 0.857 bits per heavy atom. The molecule has 8 heteroatoms. The Morgan fingerprint density at radius 3 is 1.14 bits per heavy atom. The van der Waals surface area contributed by atoms with Crippen LogP contribution in [0.4, 0.5) is 0 Å². The first-order chi connectivity index (χ1) is 6.18. The van der Waals surface area contributed by atoms with Crippen LogP contribution in [0.2, 0.25) is 0 Å². The molecule has 0 radical (unpaired) electrons. The summed E-state index contributed by atoms with van der Waals surface area (Å²) < 4.78 is 34.1. The second kappa shape index (κ2) is 4.65. The molecule has 1 rings (SSSR count). The molecule has 0 saturated carbocycles. The lowest BCUT2D eigenvalue weighted by molar-refractivity contribution is 0.352. The topological polar surface area (TPSA) is 141 Å². The van der Waals surface area contributed by atoms with Gasteiger partial charge in [0.15, 0.2) is 0 Å². The Kier molecular flexibility index (Phi) is 4.15. The maximum absolute atomic E-state index is 8.67. The van der Waals surface area contributed by atoms with Gasteiger partial charge in [0.1, 0.15) is 17.2 Å². The Bertz CT molecular complexity index is 338. The van der Waals surface area contributed by atoms with E-state index >= 15 is 0 Å². The number of phenolic OH excluding ortho intramolecular Hbond substituents is 3. The molecule has 0 aliphatic carbocycles. The average molecular weight is 222 g/mol. The van der Waals surface area contributed by atoms with Gasteiger partial charge in [-0.05, 0) is 0 Å². The molecule has 0 heterocycles. The van der Waals surface area contributed by atoms with E-state index in [4.69, 9.17) is 32.8 Å². The van der Waals surface area contributed by atoms with Crippen molar-refractivity contribution in [2.45, 2.75) is 0 Å². The van der Waals surface area contributed by atoms with Crippen LogP contribution >= 0.6 is 0 Å². The van der Waals surface area contributed by atoms with Gasteiger partial charge in [0, 0.05) is 28.6 Å². The summed E-state index contributed by atoms with van der Waals surface area (Å²) in [6, 6.07) is 3.42. The highest BCUT2D eigenvalue weighted by Crippen LogP contribution is 2.23. The summed E-state index contributed by atoms with van der Waals surface area (Å²) in [6.45, 7) is 0. The Labute approximate surface area is 79.5 Å². The molecule has 1 aromatic rings. The molecule has 0 aliphatic heterocycles. The number of benzene rings is 1. The van der Waals surface area contributed by atoms with Crippen LogP contribution in [-0.2, 0) is 10.4 Å². The fourth-order valence-corrected chi connectivity index (χ4v) is 0.580. The molecule has 0 saturated heterocycles. The lowest BCUT2D eigenvalue weighted by Gasteiger charge is -2.06. The molecule has 14 heavy (non-hydrogen) atoms. The van der Waals surface area contributed by atoms with Crippen LogP contribution in [-0.4, -0.2) is 32.8 Å². The van der Waals surface area contributed by atoms with E-state index < -0.39 is 10.4 Å². The van der Waals surface area contributed by atoms with Gasteiger partial charge in [-0.3, -0.25) is 8.42 Å². The molecule has 80 valence electrons. The van der Waals surface area contributed by atoms with Crippen molar-refractivity contribution in [3.8, 4) is 17.2 Å². The van der Waals surface area contributed by atoms with Gasteiger partial charge < -0.3 is 24.4 Å². The fourth-order valence-electron chi connectivity index (χ4n) is 0.580. The molecule has 0 bridgehead atoms. The van der Waals surface area contributed by atoms with Crippen molar-refractivity contribution in [2.75, 3.05) is 0 Å². The van der Waals surface area contributed by atoms with Crippen molar-refractivity contribution in [1.82, 2.24) is 0 Å². The zero-order chi connectivity index (χ0) is 11.4. The second-order valence-electron chi connectivity index (χ2n) is 2.12. The Hall–Kier alpha value is -1.51. The standard InChI is InChI=1S/C6H6O3.H2O4S/c7-4-1-5(8)3-6(9)2-4;1-5(2,3)4/h1-3,7-9H;(H2,1,2,3,4)/p-2. The first kappa shape index (κ1) is 12.5. The minimum atomic E-state index is -5.17. The average Bonchev–Trinajstić information content (AvgIpc) is 1.77. The van der Waals surface area contributed by atoms with Crippen LogP contribution in [0.15, 0.2) is 18.2 Å². The van der Waals surface area contributed by atoms with Crippen LogP contribution in [0, 0.1) is 0 Å². The number of phenols is 3. The molecular weight excluding hydrogens is 216 g/mol. The van der Waals surface area contributed by atoms with Gasteiger partial charge in [-0.25, -0.2) is 0 Å². The third kappa shape index (κ3) is 8.59. The lowest BCUT2D eigenvalue weighted by Crippen LogP contribution is -1.91. The smallest absolute Gasteiger partial charge is 0.122 e. The first-order valence-corrected chi connectivity index (χ1v) is 4.40. The van der Waals surface area contributed by atoms with Gasteiger partial charge in [0.25, 0.3) is 0 Å². The number of aromatic hydroxyl groups is 3. The van der Waals surface area contributed by atoms with Crippen molar-refractivity contribution >= 4 is 10.4 Å². The maximum Gasteiger partial charge on any atom is 0.122 e. The van der Waals surface area contributed by atoms with Crippen LogP contribution in [0.25, 0.3) is 0 Å². The summed E-state index contributed by atoms with van der Waals surface area (Å²) in [5, 5.41) is 26.0. The van der Waals surface area contributed by atoms with Crippen LogP contribution in [0.3, 0.4) is 0 Å². The minimum absolute atomic E-state index is 0.146. The van der Waals surface area contributed by atoms with E-state index in [1.807, 2.05) is 0 Å². The summed E-state index contributed by atoms with van der Waals surface area (Å²) in [7, 11) is -5.17. The Balaban J connectivity index is 0.000000292. The molecule has 0 unspecified atom stereocenters. The molecule has 0 atom stereocenters. The van der Waals surface area contributed by atoms with Gasteiger partial charge in [-0.15, -0.1) is 0 Å². The monoisotopic (exact) mass is 222 g/mol. The number of rotatable bonds is 0. The molecule has 0 amide bonds. The third-order valence-electron chi connectivity index (χ3n) is 0.887. The van der Waals surface area contributed by atoms with Crippen molar-refractivity contribution in [3.63, 3.8) is 0 Å². The van der Waals surface area contributed by atoms with Crippen molar-refractivity contribution < 1.29 is 32.8 Å². The van der Waals surface area contributed by atoms with Gasteiger partial charge in [-0.2, -0.15) is 0 Å². The summed E-state index contributed by atoms with van der Waals surface area (Å²) in [5.74, 6) is -0.437. The Morgan fingerprint density at radius 2 is 1.00 bits per heavy atom. The molecule has 7 nitrogen and oxygen atoms in total. The number of hydrogen-bond acceptors (Lipinski definition) is 7. The third-order valence-corrected chi connectivity index (χ3v) is 0.887. The molecular formula is C6H6O7S-2. The fraction of sp³-hybridized carbons (Fsp3) is 0. The highest BCUT2D eigenvalue weighted by atomic mass is 32.3. The summed E-state index contributed by atoms with van der Waals surface area (Å²) in [6.07, 6.45) is 0. The van der Waals surface area contributed by atoms with Crippen LogP contribution in [0.5, 0.6) is 17.2 Å². The van der Waals surface area contributed by atoms with E-state index in [1.165, 1.54) is 0 Å². The van der Waals surface area contributed by atoms with Gasteiger partial charge in [0.2, 0.25) is 0 Å². The molecule has 3 N–H and O–H groups in total. The highest BCUT2D eigenvalue weighted by molar-refractivity contribution is 7.79. The van der Waals surface area contributed by atoms with Crippen LogP contribution in [0.1, 0.15) is 0 Å². The van der Waals surface area contributed by atoms with Crippen LogP contribution < -0.4 is 0 Å². The summed E-state index contributed by atoms with van der Waals surface area (Å²) in [5.41, 5.74) is 0. The lowest BCUT2D eigenvalue weighted by atomic mass is 10.3. The largest absolute Gasteiger partial charge is 0.759 e. The van der Waals surface area contributed by atoms with Gasteiger partial charge in [0.05, 0.1) is 0 Å². The first-order valence-electron chi connectivity index (χ1n) is 3.07. The van der Waals surface area contributed by atoms with E-state index in [2.05, 4.69) is 0 Å². The highest BCUT2D eigenvalue weighted by Gasteiger charge is 1.94. The van der Waals surface area contributed by atoms with E-state index in [-0.39, 0.29) is 17.2 Å². The van der Waals surface area contributed by atoms with Gasteiger partial charge >= 0.3 is 0 Å². The normalized spacial score (nSPS) is 10.1. The van der Waals surface area contributed by atoms with E-state index in [0.29, 0.717) is 0 Å². The van der Waals surface area contributed by atoms with Crippen molar-refractivity contribution in [3.05, 3.63) is 18.2 Å². The zero-order valence-corrected chi connectivity index (χ0v) is 7.43. The molecule has 1 aromatic carbocycles.